The van der Waals surface area contributed by atoms with E-state index < -0.39 is 0 Å². The van der Waals surface area contributed by atoms with Gasteiger partial charge in [0.05, 0.1) is 10.7 Å². The highest BCUT2D eigenvalue weighted by Crippen LogP contribution is 2.35. The average molecular weight is 512 g/mol. The Labute approximate surface area is 189 Å². The summed E-state index contributed by atoms with van der Waals surface area (Å²) in [7, 11) is 4.79. The molecule has 0 aliphatic rings. The van der Waals surface area contributed by atoms with E-state index in [9.17, 15) is 10.1 Å². The van der Waals surface area contributed by atoms with Gasteiger partial charge in [0.1, 0.15) is 18.2 Å². The number of carbonyl (C=O) groups excluding carboxylic acids is 1. The molecule has 0 aliphatic heterocycles. The van der Waals surface area contributed by atoms with Gasteiger partial charge in [-0.05, 0) is 68.8 Å². The van der Waals surface area contributed by atoms with E-state index in [1.807, 2.05) is 30.3 Å². The third-order valence-electron chi connectivity index (χ3n) is 4.52. The van der Waals surface area contributed by atoms with Crippen LogP contribution in [0.1, 0.15) is 11.1 Å². The van der Waals surface area contributed by atoms with E-state index in [0.717, 1.165) is 14.5 Å². The van der Waals surface area contributed by atoms with Crippen molar-refractivity contribution < 1.29 is 14.3 Å². The minimum absolute atomic E-state index is 0.0580. The Balaban J connectivity index is 1.86. The molecule has 0 aliphatic carbocycles. The van der Waals surface area contributed by atoms with Gasteiger partial charge < -0.3 is 14.4 Å². The second kappa shape index (κ2) is 9.63. The van der Waals surface area contributed by atoms with Crippen molar-refractivity contribution in [2.45, 2.75) is 6.61 Å². The Morgan fingerprint density at radius 1 is 1.13 bits per heavy atom. The second-order valence-corrected chi connectivity index (χ2v) is 8.04. The van der Waals surface area contributed by atoms with Gasteiger partial charge in [0.25, 0.3) is 5.91 Å². The Kier molecular flexibility index (Phi) is 6.95. The van der Waals surface area contributed by atoms with E-state index >= 15 is 0 Å². The fraction of sp³-hybridized carbons (Fsp3) is 0.167. The second-order valence-electron chi connectivity index (χ2n) is 6.87. The van der Waals surface area contributed by atoms with Gasteiger partial charge in [-0.1, -0.05) is 36.4 Å². The molecule has 0 saturated carbocycles. The molecule has 0 N–H and O–H groups in total. The Morgan fingerprint density at radius 2 is 1.87 bits per heavy atom. The number of hydrogen-bond donors (Lipinski definition) is 0. The number of hydrogen-bond acceptors (Lipinski definition) is 4. The number of nitrogens with zero attached hydrogens (tertiary/aromatic N) is 2. The van der Waals surface area contributed by atoms with Crippen LogP contribution in [0.3, 0.4) is 0 Å². The Bertz CT molecular complexity index is 1160. The van der Waals surface area contributed by atoms with Crippen molar-refractivity contribution in [2.75, 3.05) is 21.2 Å². The minimum atomic E-state index is -0.344. The number of rotatable bonds is 6. The van der Waals surface area contributed by atoms with E-state index in [1.165, 1.54) is 10.3 Å². The van der Waals surface area contributed by atoms with Crippen LogP contribution in [0.15, 0.2) is 60.2 Å². The molecule has 30 heavy (non-hydrogen) atoms. The normalized spacial score (nSPS) is 11.1. The number of amides is 1. The van der Waals surface area contributed by atoms with Gasteiger partial charge in [-0.2, -0.15) is 5.26 Å². The summed E-state index contributed by atoms with van der Waals surface area (Å²) in [5.41, 5.74) is 1.81. The van der Waals surface area contributed by atoms with E-state index in [0.29, 0.717) is 23.7 Å². The molecular formula is C24H21IN2O3. The number of carbonyl (C=O) groups is 1. The minimum Gasteiger partial charge on any atom is -0.493 e. The predicted octanol–water partition coefficient (Wildman–Crippen LogP) is 5.03. The lowest BCUT2D eigenvalue weighted by Gasteiger charge is -2.14. The summed E-state index contributed by atoms with van der Waals surface area (Å²) in [5.74, 6) is 0.826. The largest absolute Gasteiger partial charge is 0.493 e. The zero-order valence-corrected chi connectivity index (χ0v) is 19.1. The van der Waals surface area contributed by atoms with E-state index in [4.69, 9.17) is 9.47 Å². The zero-order chi connectivity index (χ0) is 21.7. The maximum Gasteiger partial charge on any atom is 0.264 e. The third-order valence-corrected chi connectivity index (χ3v) is 5.32. The Hall–Kier alpha value is -3.05. The monoisotopic (exact) mass is 512 g/mol. The van der Waals surface area contributed by atoms with Gasteiger partial charge in [0, 0.05) is 14.1 Å². The van der Waals surface area contributed by atoms with E-state index in [1.54, 1.807) is 33.3 Å². The molecule has 152 valence electrons. The number of likely N-dealkylation sites (N-methyl/N-ethyl adjacent to an activating group) is 1. The number of halogens is 1. The molecule has 5 nitrogen and oxygen atoms in total. The first-order valence-corrected chi connectivity index (χ1v) is 10.3. The van der Waals surface area contributed by atoms with E-state index in [-0.39, 0.29) is 11.5 Å². The topological polar surface area (TPSA) is 62.6 Å². The molecule has 0 bridgehead atoms. The third kappa shape index (κ3) is 4.92. The number of benzene rings is 3. The van der Waals surface area contributed by atoms with Crippen molar-refractivity contribution in [3.63, 3.8) is 0 Å². The molecule has 0 aromatic heterocycles. The van der Waals surface area contributed by atoms with Crippen LogP contribution in [-0.4, -0.2) is 32.0 Å². The number of ether oxygens (including phenoxy) is 2. The van der Waals surface area contributed by atoms with Crippen molar-refractivity contribution >= 4 is 45.3 Å². The first-order chi connectivity index (χ1) is 14.4. The molecule has 0 radical (unpaired) electrons. The fourth-order valence-electron chi connectivity index (χ4n) is 3.00. The van der Waals surface area contributed by atoms with Crippen molar-refractivity contribution in [3.8, 4) is 17.6 Å². The van der Waals surface area contributed by atoms with Crippen molar-refractivity contribution in [1.29, 1.82) is 5.26 Å². The van der Waals surface area contributed by atoms with Crippen molar-refractivity contribution in [1.82, 2.24) is 4.90 Å². The predicted molar refractivity (Wildman–Crippen MR) is 126 cm³/mol. The maximum atomic E-state index is 12.1. The Morgan fingerprint density at radius 3 is 2.53 bits per heavy atom. The van der Waals surface area contributed by atoms with Crippen LogP contribution < -0.4 is 9.47 Å². The highest BCUT2D eigenvalue weighted by Gasteiger charge is 2.15. The zero-order valence-electron chi connectivity index (χ0n) is 17.0. The van der Waals surface area contributed by atoms with E-state index in [2.05, 4.69) is 46.9 Å². The van der Waals surface area contributed by atoms with Gasteiger partial charge in [0.15, 0.2) is 11.5 Å². The first kappa shape index (κ1) is 21.7. The van der Waals surface area contributed by atoms with Crippen LogP contribution >= 0.6 is 22.6 Å². The summed E-state index contributed by atoms with van der Waals surface area (Å²) in [4.78, 5) is 13.5. The highest BCUT2D eigenvalue weighted by atomic mass is 127. The number of nitriles is 1. The van der Waals surface area contributed by atoms with Crippen molar-refractivity contribution in [2.24, 2.45) is 0 Å². The van der Waals surface area contributed by atoms with Crippen molar-refractivity contribution in [3.05, 3.63) is 74.9 Å². The standard InChI is InChI=1S/C24H21IN2O3/c1-27(2)24(28)20(14-26)11-17-12-21(25)23(22(13-17)29-3)30-15-16-8-9-18-6-4-5-7-19(18)10-16/h4-13H,15H2,1-3H3/b20-11-. The molecule has 3 aromatic rings. The van der Waals surface area contributed by atoms with Crippen LogP contribution in [0, 0.1) is 14.9 Å². The van der Waals surface area contributed by atoms with Gasteiger partial charge in [-0.25, -0.2) is 0 Å². The molecule has 1 amide bonds. The van der Waals surface area contributed by atoms with Crippen LogP contribution in [0.2, 0.25) is 0 Å². The lowest BCUT2D eigenvalue weighted by atomic mass is 10.1. The summed E-state index contributed by atoms with van der Waals surface area (Å²) in [6.45, 7) is 0.398. The van der Waals surface area contributed by atoms with Gasteiger partial charge in [-0.3, -0.25) is 4.79 Å². The lowest BCUT2D eigenvalue weighted by molar-refractivity contribution is -0.124. The average Bonchev–Trinajstić information content (AvgIpc) is 2.75. The van der Waals surface area contributed by atoms with Crippen LogP contribution in [0.4, 0.5) is 0 Å². The smallest absolute Gasteiger partial charge is 0.264 e. The van der Waals surface area contributed by atoms with Gasteiger partial charge >= 0.3 is 0 Å². The molecule has 0 atom stereocenters. The molecule has 0 unspecified atom stereocenters. The molecular weight excluding hydrogens is 491 g/mol. The number of methoxy groups -OCH3 is 1. The fourth-order valence-corrected chi connectivity index (χ4v) is 3.78. The molecule has 0 fully saturated rings. The SMILES string of the molecule is COc1cc(/C=C(/C#N)C(=O)N(C)C)cc(I)c1OCc1ccc2ccccc2c1. The van der Waals surface area contributed by atoms with Crippen LogP contribution in [-0.2, 0) is 11.4 Å². The number of fused-ring (bicyclic) bond motifs is 1. The van der Waals surface area contributed by atoms with Gasteiger partial charge in [0.2, 0.25) is 0 Å². The summed E-state index contributed by atoms with van der Waals surface area (Å²) in [5, 5.41) is 11.7. The van der Waals surface area contributed by atoms with Crippen LogP contribution in [0.5, 0.6) is 11.5 Å². The summed E-state index contributed by atoms with van der Waals surface area (Å²) in [6.07, 6.45) is 1.56. The summed E-state index contributed by atoms with van der Waals surface area (Å²) in [6, 6.07) is 20.0. The first-order valence-electron chi connectivity index (χ1n) is 9.24. The highest BCUT2D eigenvalue weighted by molar-refractivity contribution is 14.1. The van der Waals surface area contributed by atoms with Gasteiger partial charge in [-0.15, -0.1) is 0 Å². The molecule has 0 saturated heterocycles. The lowest BCUT2D eigenvalue weighted by Crippen LogP contribution is -2.22. The summed E-state index contributed by atoms with van der Waals surface area (Å²) >= 11 is 2.17. The molecule has 0 heterocycles. The molecule has 6 heteroatoms. The molecule has 3 aromatic carbocycles. The summed E-state index contributed by atoms with van der Waals surface area (Å²) < 4.78 is 12.4. The molecule has 3 rings (SSSR count). The maximum absolute atomic E-state index is 12.1. The quantitative estimate of drug-likeness (QED) is 0.264. The van der Waals surface area contributed by atoms with Crippen LogP contribution in [0.25, 0.3) is 16.8 Å². The molecule has 0 spiro atoms.